The number of aliphatic hydroxyl groups excluding tert-OH is 2. The fourth-order valence-electron chi connectivity index (χ4n) is 6.52. The van der Waals surface area contributed by atoms with Crippen molar-refractivity contribution in [1.29, 1.82) is 0 Å². The molecule has 0 fully saturated rings. The predicted octanol–water partition coefficient (Wildman–Crippen LogP) is 11.8. The van der Waals surface area contributed by atoms with Gasteiger partial charge in [-0.3, -0.25) is 18.6 Å². The number of rotatable bonds is 43. The quantitative estimate of drug-likeness (QED) is 0.0309. The van der Waals surface area contributed by atoms with Crippen LogP contribution >= 0.6 is 7.82 Å². The number of hydrogen-bond donors (Lipinski definition) is 3. The van der Waals surface area contributed by atoms with Crippen molar-refractivity contribution in [2.75, 3.05) is 26.4 Å². The Bertz CT molecular complexity index is 873. The molecule has 3 N–H and O–H groups in total. The summed E-state index contributed by atoms with van der Waals surface area (Å²) in [7, 11) is -4.61. The van der Waals surface area contributed by atoms with Crippen LogP contribution in [0.1, 0.15) is 226 Å². The number of phosphoric ester groups is 1. The first-order chi connectivity index (χ1) is 26.2. The Balaban J connectivity index is 4.21. The normalized spacial score (nSPS) is 13.8. The average molecular weight is 793 g/mol. The van der Waals surface area contributed by atoms with Crippen LogP contribution in [0.25, 0.3) is 0 Å². The number of ether oxygens (including phenoxy) is 2. The Labute approximate surface area is 331 Å². The third-order valence-electron chi connectivity index (χ3n) is 10.0. The Morgan fingerprint density at radius 2 is 0.796 bits per heavy atom. The summed E-state index contributed by atoms with van der Waals surface area (Å²) in [5, 5.41) is 18.3. The number of carbonyl (C=O) groups is 2. The average Bonchev–Trinajstić information content (AvgIpc) is 3.16. The molecule has 0 aliphatic carbocycles. The van der Waals surface area contributed by atoms with Crippen molar-refractivity contribution in [3.8, 4) is 0 Å². The third-order valence-corrected chi connectivity index (χ3v) is 11.0. The molecule has 11 heteroatoms. The molecule has 3 atom stereocenters. The van der Waals surface area contributed by atoms with Crippen LogP contribution in [-0.2, 0) is 32.7 Å². The van der Waals surface area contributed by atoms with E-state index in [0.717, 1.165) is 32.1 Å². The topological polar surface area (TPSA) is 149 Å². The van der Waals surface area contributed by atoms with Crippen LogP contribution < -0.4 is 0 Å². The highest BCUT2D eigenvalue weighted by Gasteiger charge is 2.27. The van der Waals surface area contributed by atoms with E-state index in [0.29, 0.717) is 12.8 Å². The van der Waals surface area contributed by atoms with Gasteiger partial charge in [0.05, 0.1) is 19.8 Å². The van der Waals surface area contributed by atoms with Gasteiger partial charge >= 0.3 is 19.8 Å². The molecule has 0 aromatic heterocycles. The summed E-state index contributed by atoms with van der Waals surface area (Å²) in [6, 6.07) is 0. The molecule has 0 spiro atoms. The molecule has 0 bridgehead atoms. The molecule has 0 radical (unpaired) electrons. The van der Waals surface area contributed by atoms with Gasteiger partial charge in [0.15, 0.2) is 6.10 Å². The molecule has 0 aliphatic rings. The van der Waals surface area contributed by atoms with Crippen molar-refractivity contribution < 1.29 is 47.8 Å². The highest BCUT2D eigenvalue weighted by Crippen LogP contribution is 2.43. The van der Waals surface area contributed by atoms with Gasteiger partial charge in [-0.2, -0.15) is 0 Å². The van der Waals surface area contributed by atoms with Crippen molar-refractivity contribution in [1.82, 2.24) is 0 Å². The van der Waals surface area contributed by atoms with E-state index in [1.54, 1.807) is 0 Å². The maximum atomic E-state index is 12.6. The summed E-state index contributed by atoms with van der Waals surface area (Å²) in [6.45, 7) is 2.42. The van der Waals surface area contributed by atoms with Crippen molar-refractivity contribution in [3.63, 3.8) is 0 Å². The molecule has 0 saturated carbocycles. The minimum absolute atomic E-state index is 0.193. The summed E-state index contributed by atoms with van der Waals surface area (Å²) in [6.07, 6.45) is 36.4. The maximum absolute atomic E-state index is 12.6. The van der Waals surface area contributed by atoms with E-state index in [-0.39, 0.29) is 19.4 Å². The lowest BCUT2D eigenvalue weighted by Crippen LogP contribution is -2.29. The SMILES string of the molecule is CCCCCCCCCCCCCCCCCCCCC(=O)OC(COC(=O)CCCCCCCCCCCCCCC)COP(=O)(O)OCC(O)CO. The van der Waals surface area contributed by atoms with Gasteiger partial charge < -0.3 is 24.6 Å². The number of unbranched alkanes of at least 4 members (excludes halogenated alkanes) is 29. The highest BCUT2D eigenvalue weighted by molar-refractivity contribution is 7.47. The largest absolute Gasteiger partial charge is 0.472 e. The van der Waals surface area contributed by atoms with Crippen LogP contribution in [0.2, 0.25) is 0 Å². The molecule has 0 saturated heterocycles. The van der Waals surface area contributed by atoms with E-state index in [2.05, 4.69) is 13.8 Å². The zero-order valence-electron chi connectivity index (χ0n) is 35.0. The second kappa shape index (κ2) is 40.2. The summed E-state index contributed by atoms with van der Waals surface area (Å²) in [4.78, 5) is 35.0. The van der Waals surface area contributed by atoms with Crippen LogP contribution in [0.3, 0.4) is 0 Å². The third kappa shape index (κ3) is 39.2. The lowest BCUT2D eigenvalue weighted by Gasteiger charge is -2.20. The van der Waals surface area contributed by atoms with Crippen LogP contribution in [0, 0.1) is 0 Å². The number of esters is 2. The molecule has 0 aromatic rings. The molecule has 10 nitrogen and oxygen atoms in total. The molecular formula is C43H85O10P. The Morgan fingerprint density at radius 3 is 1.15 bits per heavy atom. The van der Waals surface area contributed by atoms with Gasteiger partial charge in [0.25, 0.3) is 0 Å². The number of phosphoric acid groups is 1. The Hall–Kier alpha value is -1.03. The molecule has 0 amide bonds. The van der Waals surface area contributed by atoms with E-state index in [4.69, 9.17) is 23.6 Å². The van der Waals surface area contributed by atoms with Crippen LogP contribution in [0.15, 0.2) is 0 Å². The number of hydrogen-bond acceptors (Lipinski definition) is 9. The van der Waals surface area contributed by atoms with Crippen molar-refractivity contribution in [3.05, 3.63) is 0 Å². The number of aliphatic hydroxyl groups is 2. The second-order valence-electron chi connectivity index (χ2n) is 15.4. The first kappa shape index (κ1) is 53.0. The molecule has 0 aromatic carbocycles. The summed E-state index contributed by atoms with van der Waals surface area (Å²) in [5.74, 6) is -0.908. The zero-order chi connectivity index (χ0) is 39.8. The molecule has 0 aliphatic heterocycles. The van der Waals surface area contributed by atoms with E-state index >= 15 is 0 Å². The van der Waals surface area contributed by atoms with E-state index in [9.17, 15) is 24.2 Å². The highest BCUT2D eigenvalue weighted by atomic mass is 31.2. The van der Waals surface area contributed by atoms with Gasteiger partial charge in [-0.25, -0.2) is 4.57 Å². The van der Waals surface area contributed by atoms with Gasteiger partial charge in [-0.1, -0.05) is 200 Å². The van der Waals surface area contributed by atoms with Crippen LogP contribution in [0.5, 0.6) is 0 Å². The monoisotopic (exact) mass is 793 g/mol. The van der Waals surface area contributed by atoms with E-state index in [1.165, 1.54) is 154 Å². The molecule has 0 heterocycles. The molecule has 3 unspecified atom stereocenters. The first-order valence-electron chi connectivity index (χ1n) is 22.5. The summed E-state index contributed by atoms with van der Waals surface area (Å²) >= 11 is 0. The lowest BCUT2D eigenvalue weighted by atomic mass is 10.0. The molecular weight excluding hydrogens is 707 g/mol. The summed E-state index contributed by atoms with van der Waals surface area (Å²) in [5.41, 5.74) is 0. The van der Waals surface area contributed by atoms with Crippen molar-refractivity contribution in [2.24, 2.45) is 0 Å². The molecule has 0 rings (SSSR count). The van der Waals surface area contributed by atoms with E-state index in [1.807, 2.05) is 0 Å². The maximum Gasteiger partial charge on any atom is 0.472 e. The van der Waals surface area contributed by atoms with Gasteiger partial charge in [-0.15, -0.1) is 0 Å². The molecule has 54 heavy (non-hydrogen) atoms. The van der Waals surface area contributed by atoms with E-state index < -0.39 is 51.8 Å². The van der Waals surface area contributed by atoms with Crippen molar-refractivity contribution in [2.45, 2.75) is 238 Å². The molecule has 322 valence electrons. The summed E-state index contributed by atoms with van der Waals surface area (Å²) < 4.78 is 32.7. The minimum atomic E-state index is -4.61. The van der Waals surface area contributed by atoms with Gasteiger partial charge in [0.2, 0.25) is 0 Å². The fourth-order valence-corrected chi connectivity index (χ4v) is 7.31. The first-order valence-corrected chi connectivity index (χ1v) is 24.0. The predicted molar refractivity (Wildman–Crippen MR) is 219 cm³/mol. The lowest BCUT2D eigenvalue weighted by molar-refractivity contribution is -0.161. The van der Waals surface area contributed by atoms with Crippen molar-refractivity contribution >= 4 is 19.8 Å². The van der Waals surface area contributed by atoms with Gasteiger partial charge in [0, 0.05) is 12.8 Å². The minimum Gasteiger partial charge on any atom is -0.462 e. The smallest absolute Gasteiger partial charge is 0.462 e. The zero-order valence-corrected chi connectivity index (χ0v) is 35.9. The number of carbonyl (C=O) groups excluding carboxylic acids is 2. The second-order valence-corrected chi connectivity index (χ2v) is 16.9. The Kier molecular flexibility index (Phi) is 39.4. The van der Waals surface area contributed by atoms with Crippen LogP contribution in [-0.4, -0.2) is 65.7 Å². The van der Waals surface area contributed by atoms with Gasteiger partial charge in [-0.05, 0) is 12.8 Å². The van der Waals surface area contributed by atoms with Gasteiger partial charge in [0.1, 0.15) is 12.7 Å². The fraction of sp³-hybridized carbons (Fsp3) is 0.953. The Morgan fingerprint density at radius 1 is 0.481 bits per heavy atom. The standard InChI is InChI=1S/C43H85O10P/c1-3-5-7-9-11-13-15-17-18-19-20-21-23-25-27-29-31-33-35-43(47)53-41(39-52-54(48,49)51-37-40(45)36-44)38-50-42(46)34-32-30-28-26-24-22-16-14-12-10-8-6-4-2/h40-41,44-45H,3-39H2,1-2H3,(H,48,49). The van der Waals surface area contributed by atoms with Crippen LogP contribution in [0.4, 0.5) is 0 Å².